The molecule has 1 aromatic carbocycles. The second-order valence-corrected chi connectivity index (χ2v) is 12.0. The van der Waals surface area contributed by atoms with Crippen LogP contribution in [-0.2, 0) is 17.5 Å². The van der Waals surface area contributed by atoms with E-state index in [1.165, 1.54) is 0 Å². The molecule has 0 saturated heterocycles. The van der Waals surface area contributed by atoms with E-state index >= 15 is 0 Å². The van der Waals surface area contributed by atoms with Crippen LogP contribution in [0.5, 0.6) is 0 Å². The number of hydrogen-bond donors (Lipinski definition) is 1. The molecule has 6 heteroatoms. The maximum atomic E-state index is 11.2. The molecule has 0 atom stereocenters. The van der Waals surface area contributed by atoms with Crippen molar-refractivity contribution in [1.82, 2.24) is 0 Å². The third kappa shape index (κ3) is 4.90. The minimum absolute atomic E-state index is 0.125. The molecule has 0 unspecified atom stereocenters. The van der Waals surface area contributed by atoms with Gasteiger partial charge in [-0.25, -0.2) is 0 Å². The van der Waals surface area contributed by atoms with E-state index in [1.54, 1.807) is 6.07 Å². The highest BCUT2D eigenvalue weighted by Crippen LogP contribution is 2.37. The summed E-state index contributed by atoms with van der Waals surface area (Å²) in [5.41, 5.74) is 7.25. The Morgan fingerprint density at radius 2 is 1.95 bits per heavy atom. The molecule has 0 radical (unpaired) electrons. The van der Waals surface area contributed by atoms with Crippen molar-refractivity contribution in [3.63, 3.8) is 0 Å². The Morgan fingerprint density at radius 3 is 2.45 bits per heavy atom. The van der Waals surface area contributed by atoms with Gasteiger partial charge in [0.1, 0.15) is 0 Å². The first-order chi connectivity index (χ1) is 10.1. The Morgan fingerprint density at radius 1 is 1.32 bits per heavy atom. The molecule has 124 valence electrons. The van der Waals surface area contributed by atoms with E-state index in [2.05, 4.69) is 33.9 Å². The van der Waals surface area contributed by atoms with Gasteiger partial charge in [-0.15, -0.1) is 0 Å². The number of rotatable bonds is 7. The zero-order chi connectivity index (χ0) is 17.0. The van der Waals surface area contributed by atoms with Crippen molar-refractivity contribution in [2.24, 2.45) is 5.73 Å². The van der Waals surface area contributed by atoms with E-state index < -0.39 is 8.32 Å². The highest BCUT2D eigenvalue weighted by atomic mass is 28.4. The molecule has 22 heavy (non-hydrogen) atoms. The fraction of sp³-hybridized carbons (Fsp3) is 0.625. The Hall–Kier alpha value is -1.24. The number of nitro groups is 1. The van der Waals surface area contributed by atoms with Gasteiger partial charge in [-0.2, -0.15) is 0 Å². The van der Waals surface area contributed by atoms with Crippen LogP contribution in [0.1, 0.15) is 38.3 Å². The number of aryl methyl sites for hydroxylation is 1. The van der Waals surface area contributed by atoms with Crippen molar-refractivity contribution in [1.29, 1.82) is 0 Å². The molecule has 0 saturated carbocycles. The van der Waals surface area contributed by atoms with Crippen molar-refractivity contribution >= 4 is 14.0 Å². The van der Waals surface area contributed by atoms with Crippen LogP contribution in [0.4, 0.5) is 5.69 Å². The zero-order valence-electron chi connectivity index (χ0n) is 14.3. The fourth-order valence-corrected chi connectivity index (χ4v) is 2.81. The van der Waals surface area contributed by atoms with Gasteiger partial charge in [-0.05, 0) is 43.1 Å². The first kappa shape index (κ1) is 18.8. The van der Waals surface area contributed by atoms with E-state index in [0.717, 1.165) is 17.5 Å². The second kappa shape index (κ2) is 7.35. The summed E-state index contributed by atoms with van der Waals surface area (Å²) >= 11 is 0. The van der Waals surface area contributed by atoms with Crippen LogP contribution in [0.15, 0.2) is 18.2 Å². The van der Waals surface area contributed by atoms with Gasteiger partial charge in [0.05, 0.1) is 11.5 Å². The van der Waals surface area contributed by atoms with Gasteiger partial charge < -0.3 is 10.2 Å². The second-order valence-electron chi connectivity index (χ2n) is 7.16. The predicted octanol–water partition coefficient (Wildman–Crippen LogP) is 4.01. The SMILES string of the molecule is CC(C)(C)[Si](C)(C)OCc1ccc(CCCN)c([N+](=O)[O-])c1. The molecule has 0 heterocycles. The molecule has 0 spiro atoms. The molecule has 0 aliphatic rings. The van der Waals surface area contributed by atoms with Gasteiger partial charge in [0, 0.05) is 11.6 Å². The average Bonchev–Trinajstić information content (AvgIpc) is 2.42. The smallest absolute Gasteiger partial charge is 0.272 e. The lowest BCUT2D eigenvalue weighted by Gasteiger charge is -2.36. The molecular formula is C16H28N2O3Si. The molecule has 0 aromatic heterocycles. The predicted molar refractivity (Wildman–Crippen MR) is 92.5 cm³/mol. The lowest BCUT2D eigenvalue weighted by Crippen LogP contribution is -2.40. The monoisotopic (exact) mass is 324 g/mol. The van der Waals surface area contributed by atoms with Crippen LogP contribution in [0, 0.1) is 10.1 Å². The molecule has 5 nitrogen and oxygen atoms in total. The van der Waals surface area contributed by atoms with Crippen molar-refractivity contribution in [3.8, 4) is 0 Å². The number of benzene rings is 1. The molecule has 2 N–H and O–H groups in total. The van der Waals surface area contributed by atoms with Gasteiger partial charge in [0.2, 0.25) is 0 Å². The fourth-order valence-electron chi connectivity index (χ4n) is 1.85. The molecule has 0 bridgehead atoms. The van der Waals surface area contributed by atoms with Crippen LogP contribution < -0.4 is 5.73 Å². The van der Waals surface area contributed by atoms with Gasteiger partial charge in [0.25, 0.3) is 5.69 Å². The van der Waals surface area contributed by atoms with Crippen LogP contribution >= 0.6 is 0 Å². The normalized spacial score (nSPS) is 12.5. The molecular weight excluding hydrogens is 296 g/mol. The lowest BCUT2D eigenvalue weighted by atomic mass is 10.1. The third-order valence-electron chi connectivity index (χ3n) is 4.40. The summed E-state index contributed by atoms with van der Waals surface area (Å²) in [7, 11) is -1.85. The van der Waals surface area contributed by atoms with Crippen molar-refractivity contribution < 1.29 is 9.35 Å². The van der Waals surface area contributed by atoms with Crippen LogP contribution in [0.25, 0.3) is 0 Å². The molecule has 0 fully saturated rings. The molecule has 1 rings (SSSR count). The minimum Gasteiger partial charge on any atom is -0.413 e. The molecule has 0 aliphatic carbocycles. The standard InChI is InChI=1S/C16H28N2O3Si/c1-16(2,3)22(4,5)21-12-13-8-9-14(7-6-10-17)15(11-13)18(19)20/h8-9,11H,6-7,10,12,17H2,1-5H3. The summed E-state index contributed by atoms with van der Waals surface area (Å²) in [4.78, 5) is 10.9. The Bertz CT molecular complexity index is 525. The van der Waals surface area contributed by atoms with E-state index in [1.807, 2.05) is 12.1 Å². The maximum Gasteiger partial charge on any atom is 0.272 e. The molecule has 0 aliphatic heterocycles. The lowest BCUT2D eigenvalue weighted by molar-refractivity contribution is -0.385. The number of nitrogens with zero attached hydrogens (tertiary/aromatic N) is 1. The van der Waals surface area contributed by atoms with Crippen LogP contribution in [0.3, 0.4) is 0 Å². The Labute approximate surface area is 134 Å². The summed E-state index contributed by atoms with van der Waals surface area (Å²) in [6, 6.07) is 5.39. The summed E-state index contributed by atoms with van der Waals surface area (Å²) in [6.07, 6.45) is 1.39. The Balaban J connectivity index is 2.89. The highest BCUT2D eigenvalue weighted by molar-refractivity contribution is 6.74. The summed E-state index contributed by atoms with van der Waals surface area (Å²) in [6.45, 7) is 11.8. The average molecular weight is 324 g/mol. The molecule has 1 aromatic rings. The quantitative estimate of drug-likeness (QED) is 0.467. The van der Waals surface area contributed by atoms with Crippen molar-refractivity contribution in [3.05, 3.63) is 39.4 Å². The van der Waals surface area contributed by atoms with E-state index in [9.17, 15) is 10.1 Å². The number of nitro benzene ring substituents is 1. The van der Waals surface area contributed by atoms with Gasteiger partial charge in [-0.3, -0.25) is 10.1 Å². The van der Waals surface area contributed by atoms with Crippen molar-refractivity contribution in [2.45, 2.75) is 58.4 Å². The topological polar surface area (TPSA) is 78.4 Å². The van der Waals surface area contributed by atoms with Crippen molar-refractivity contribution in [2.75, 3.05) is 6.54 Å². The largest absolute Gasteiger partial charge is 0.413 e. The van der Waals surface area contributed by atoms with Gasteiger partial charge in [0.15, 0.2) is 8.32 Å². The zero-order valence-corrected chi connectivity index (χ0v) is 15.3. The van der Waals surface area contributed by atoms with Crippen LogP contribution in [-0.4, -0.2) is 19.8 Å². The first-order valence-electron chi connectivity index (χ1n) is 7.68. The highest BCUT2D eigenvalue weighted by Gasteiger charge is 2.37. The first-order valence-corrected chi connectivity index (χ1v) is 10.6. The van der Waals surface area contributed by atoms with Gasteiger partial charge in [-0.1, -0.05) is 32.9 Å². The Kier molecular flexibility index (Phi) is 6.28. The number of hydrogen-bond acceptors (Lipinski definition) is 4. The van der Waals surface area contributed by atoms with E-state index in [4.69, 9.17) is 10.2 Å². The van der Waals surface area contributed by atoms with Gasteiger partial charge >= 0.3 is 0 Å². The maximum absolute atomic E-state index is 11.2. The van der Waals surface area contributed by atoms with E-state index in [-0.39, 0.29) is 15.6 Å². The summed E-state index contributed by atoms with van der Waals surface area (Å²) in [5.74, 6) is 0. The van der Waals surface area contributed by atoms with Crippen LogP contribution in [0.2, 0.25) is 18.1 Å². The third-order valence-corrected chi connectivity index (χ3v) is 8.88. The minimum atomic E-state index is -1.85. The molecule has 0 amide bonds. The number of nitrogens with two attached hydrogens (primary N) is 1. The summed E-state index contributed by atoms with van der Waals surface area (Å²) in [5, 5.41) is 11.4. The van der Waals surface area contributed by atoms with E-state index in [0.29, 0.717) is 19.6 Å². The summed E-state index contributed by atoms with van der Waals surface area (Å²) < 4.78 is 6.13.